The van der Waals surface area contributed by atoms with Crippen LogP contribution in [-0.4, -0.2) is 41.7 Å². The van der Waals surface area contributed by atoms with Gasteiger partial charge in [-0.15, -0.1) is 12.4 Å². The second kappa shape index (κ2) is 5.73. The topological polar surface area (TPSA) is 67.3 Å². The highest BCUT2D eigenvalue weighted by atomic mass is 35.5. The number of piperazine rings is 1. The van der Waals surface area contributed by atoms with E-state index in [1.165, 1.54) is 0 Å². The quantitative estimate of drug-likeness (QED) is 0.904. The highest BCUT2D eigenvalue weighted by Crippen LogP contribution is 2.23. The lowest BCUT2D eigenvalue weighted by molar-refractivity contribution is 0.190. The second-order valence-corrected chi connectivity index (χ2v) is 4.57. The summed E-state index contributed by atoms with van der Waals surface area (Å²) in [7, 11) is 2.07. The summed E-state index contributed by atoms with van der Waals surface area (Å²) in [5.74, 6) is 2.60. The van der Waals surface area contributed by atoms with Gasteiger partial charge in [-0.2, -0.15) is 4.98 Å². The predicted molar refractivity (Wildman–Crippen MR) is 72.2 cm³/mol. The van der Waals surface area contributed by atoms with Crippen LogP contribution in [0, 0.1) is 6.92 Å². The Morgan fingerprint density at radius 2 is 2.26 bits per heavy atom. The summed E-state index contributed by atoms with van der Waals surface area (Å²) in [6.07, 6.45) is 0. The molecule has 19 heavy (non-hydrogen) atoms. The number of nitrogens with one attached hydrogen (secondary N) is 1. The Labute approximate surface area is 117 Å². The van der Waals surface area contributed by atoms with Crippen LogP contribution in [0.4, 0.5) is 0 Å². The van der Waals surface area contributed by atoms with E-state index in [2.05, 4.69) is 27.4 Å². The van der Waals surface area contributed by atoms with Crippen LogP contribution < -0.4 is 5.32 Å². The molecule has 1 aliphatic heterocycles. The first-order valence-corrected chi connectivity index (χ1v) is 6.05. The number of rotatable bonds is 2. The van der Waals surface area contributed by atoms with Crippen LogP contribution in [0.2, 0.25) is 0 Å². The number of likely N-dealkylation sites (N-methyl/N-ethyl adjacent to an activating group) is 1. The first-order chi connectivity index (χ1) is 8.74. The van der Waals surface area contributed by atoms with E-state index < -0.39 is 0 Å². The molecule has 3 rings (SSSR count). The number of aromatic nitrogens is 2. The van der Waals surface area contributed by atoms with Crippen LogP contribution in [0.3, 0.4) is 0 Å². The third-order valence-electron chi connectivity index (χ3n) is 3.20. The molecule has 0 bridgehead atoms. The van der Waals surface area contributed by atoms with Crippen LogP contribution in [0.15, 0.2) is 21.1 Å². The van der Waals surface area contributed by atoms with Crippen molar-refractivity contribution in [3.63, 3.8) is 0 Å². The Hall–Kier alpha value is -1.37. The summed E-state index contributed by atoms with van der Waals surface area (Å²) < 4.78 is 10.7. The Bertz CT molecular complexity index is 539. The van der Waals surface area contributed by atoms with E-state index in [1.807, 2.05) is 19.1 Å². The van der Waals surface area contributed by atoms with Crippen LogP contribution in [0.1, 0.15) is 17.6 Å². The SMILES string of the molecule is Cc1ccc(-c2nc(C3CNCCN3C)no2)o1.Cl. The highest BCUT2D eigenvalue weighted by Gasteiger charge is 2.25. The molecule has 1 aliphatic rings. The van der Waals surface area contributed by atoms with Gasteiger partial charge in [0, 0.05) is 19.6 Å². The molecular formula is C12H17ClN4O2. The van der Waals surface area contributed by atoms with Crippen LogP contribution >= 0.6 is 12.4 Å². The fourth-order valence-corrected chi connectivity index (χ4v) is 2.11. The van der Waals surface area contributed by atoms with Gasteiger partial charge >= 0.3 is 0 Å². The van der Waals surface area contributed by atoms with Crippen LogP contribution in [0.5, 0.6) is 0 Å². The maximum atomic E-state index is 5.47. The minimum absolute atomic E-state index is 0. The average molecular weight is 285 g/mol. The van der Waals surface area contributed by atoms with Crippen molar-refractivity contribution < 1.29 is 8.94 Å². The molecule has 0 saturated carbocycles. The number of halogens is 1. The minimum atomic E-state index is 0. The number of nitrogens with zero attached hydrogens (tertiary/aromatic N) is 3. The molecule has 104 valence electrons. The first-order valence-electron chi connectivity index (χ1n) is 6.05. The molecule has 0 amide bonds. The molecule has 0 aliphatic carbocycles. The van der Waals surface area contributed by atoms with Crippen LogP contribution in [0.25, 0.3) is 11.7 Å². The summed E-state index contributed by atoms with van der Waals surface area (Å²) in [6.45, 7) is 4.70. The largest absolute Gasteiger partial charge is 0.456 e. The fraction of sp³-hybridized carbons (Fsp3) is 0.500. The molecule has 1 fully saturated rings. The van der Waals surface area contributed by atoms with E-state index >= 15 is 0 Å². The molecule has 0 aromatic carbocycles. The van der Waals surface area contributed by atoms with Gasteiger partial charge in [0.1, 0.15) is 5.76 Å². The third kappa shape index (κ3) is 2.80. The van der Waals surface area contributed by atoms with E-state index in [1.54, 1.807) is 0 Å². The third-order valence-corrected chi connectivity index (χ3v) is 3.20. The molecule has 1 saturated heterocycles. The summed E-state index contributed by atoms with van der Waals surface area (Å²) >= 11 is 0. The van der Waals surface area contributed by atoms with E-state index in [-0.39, 0.29) is 18.4 Å². The van der Waals surface area contributed by atoms with Crippen molar-refractivity contribution in [2.75, 3.05) is 26.7 Å². The summed E-state index contributed by atoms with van der Waals surface area (Å²) in [6, 6.07) is 3.88. The number of aryl methyl sites for hydroxylation is 1. The molecule has 2 aromatic heterocycles. The Morgan fingerprint density at radius 3 is 2.95 bits per heavy atom. The molecule has 0 spiro atoms. The average Bonchev–Trinajstić information content (AvgIpc) is 2.98. The molecule has 1 atom stereocenters. The highest BCUT2D eigenvalue weighted by molar-refractivity contribution is 5.85. The molecule has 2 aromatic rings. The summed E-state index contributed by atoms with van der Waals surface area (Å²) in [4.78, 5) is 6.64. The zero-order valence-electron chi connectivity index (χ0n) is 10.9. The summed E-state index contributed by atoms with van der Waals surface area (Å²) in [5, 5.41) is 7.38. The van der Waals surface area contributed by atoms with Crippen molar-refractivity contribution in [2.24, 2.45) is 0 Å². The lowest BCUT2D eigenvalue weighted by atomic mass is 10.2. The molecule has 1 unspecified atom stereocenters. The van der Waals surface area contributed by atoms with Crippen LogP contribution in [-0.2, 0) is 0 Å². The maximum Gasteiger partial charge on any atom is 0.293 e. The zero-order valence-corrected chi connectivity index (χ0v) is 11.7. The normalized spacial score (nSPS) is 20.2. The van der Waals surface area contributed by atoms with Gasteiger partial charge in [-0.25, -0.2) is 0 Å². The zero-order chi connectivity index (χ0) is 12.5. The second-order valence-electron chi connectivity index (χ2n) is 4.57. The van der Waals surface area contributed by atoms with Crippen molar-refractivity contribution in [3.05, 3.63) is 23.7 Å². The molecule has 3 heterocycles. The molecule has 7 heteroatoms. The Balaban J connectivity index is 0.00000133. The van der Waals surface area contributed by atoms with E-state index in [9.17, 15) is 0 Å². The molecule has 6 nitrogen and oxygen atoms in total. The standard InChI is InChI=1S/C12H16N4O2.ClH/c1-8-3-4-10(17-8)12-14-11(15-18-12)9-7-13-5-6-16(9)2;/h3-4,9,13H,5-7H2,1-2H3;1H. The van der Waals surface area contributed by atoms with Gasteiger partial charge in [0.2, 0.25) is 0 Å². The van der Waals surface area contributed by atoms with Crippen molar-refractivity contribution in [1.29, 1.82) is 0 Å². The lowest BCUT2D eigenvalue weighted by Crippen LogP contribution is -2.44. The van der Waals surface area contributed by atoms with E-state index in [4.69, 9.17) is 8.94 Å². The molecule has 1 N–H and O–H groups in total. The van der Waals surface area contributed by atoms with Gasteiger partial charge in [0.05, 0.1) is 6.04 Å². The van der Waals surface area contributed by atoms with Crippen molar-refractivity contribution in [2.45, 2.75) is 13.0 Å². The van der Waals surface area contributed by atoms with Gasteiger partial charge in [0.25, 0.3) is 5.89 Å². The predicted octanol–water partition coefficient (Wildman–Crippen LogP) is 1.64. The van der Waals surface area contributed by atoms with Gasteiger partial charge in [-0.1, -0.05) is 5.16 Å². The monoisotopic (exact) mass is 284 g/mol. The van der Waals surface area contributed by atoms with Gasteiger partial charge < -0.3 is 14.3 Å². The smallest absolute Gasteiger partial charge is 0.293 e. The Morgan fingerprint density at radius 1 is 1.42 bits per heavy atom. The van der Waals surface area contributed by atoms with Crippen molar-refractivity contribution in [3.8, 4) is 11.7 Å². The fourth-order valence-electron chi connectivity index (χ4n) is 2.11. The lowest BCUT2D eigenvalue weighted by Gasteiger charge is -2.30. The maximum absolute atomic E-state index is 5.47. The minimum Gasteiger partial charge on any atom is -0.456 e. The molecular weight excluding hydrogens is 268 g/mol. The van der Waals surface area contributed by atoms with Gasteiger partial charge in [0.15, 0.2) is 11.6 Å². The number of hydrogen-bond donors (Lipinski definition) is 1. The molecule has 0 radical (unpaired) electrons. The van der Waals surface area contributed by atoms with E-state index in [0.717, 1.165) is 25.4 Å². The first kappa shape index (κ1) is 14.0. The van der Waals surface area contributed by atoms with Gasteiger partial charge in [-0.05, 0) is 26.1 Å². The van der Waals surface area contributed by atoms with Gasteiger partial charge in [-0.3, -0.25) is 4.90 Å². The van der Waals surface area contributed by atoms with Crippen molar-refractivity contribution >= 4 is 12.4 Å². The summed E-state index contributed by atoms with van der Waals surface area (Å²) in [5.41, 5.74) is 0. The Kier molecular flexibility index (Phi) is 4.24. The number of hydrogen-bond acceptors (Lipinski definition) is 6. The number of furan rings is 1. The van der Waals surface area contributed by atoms with E-state index in [0.29, 0.717) is 17.5 Å². The van der Waals surface area contributed by atoms with Crippen molar-refractivity contribution in [1.82, 2.24) is 20.4 Å².